The van der Waals surface area contributed by atoms with Crippen molar-refractivity contribution in [2.24, 2.45) is 0 Å². The topological polar surface area (TPSA) is 49.3 Å². The molecule has 0 aliphatic rings. The van der Waals surface area contributed by atoms with Crippen LogP contribution in [0.25, 0.3) is 0 Å². The fourth-order valence-electron chi connectivity index (χ4n) is 1.15. The second-order valence-electron chi connectivity index (χ2n) is 4.65. The molecule has 0 atom stereocenters. The number of aliphatic hydroxyl groups is 1. The highest BCUT2D eigenvalue weighted by Crippen LogP contribution is 2.12. The highest BCUT2D eigenvalue weighted by molar-refractivity contribution is 5.84. The van der Waals surface area contributed by atoms with Gasteiger partial charge in [-0.2, -0.15) is 0 Å². The summed E-state index contributed by atoms with van der Waals surface area (Å²) in [6.07, 6.45) is 1.92. The zero-order valence-corrected chi connectivity index (χ0v) is 9.27. The van der Waals surface area contributed by atoms with Gasteiger partial charge in [0.25, 0.3) is 5.91 Å². The first-order valence-electron chi connectivity index (χ1n) is 4.74. The Kier molecular flexibility index (Phi) is 3.91. The van der Waals surface area contributed by atoms with E-state index in [1.807, 2.05) is 13.8 Å². The summed E-state index contributed by atoms with van der Waals surface area (Å²) >= 11 is 0. The summed E-state index contributed by atoms with van der Waals surface area (Å²) in [5.41, 5.74) is -1.52. The zero-order chi connectivity index (χ0) is 10.7. The molecule has 2 N–H and O–H groups in total. The van der Waals surface area contributed by atoms with E-state index in [0.29, 0.717) is 0 Å². The molecule has 0 rings (SSSR count). The van der Waals surface area contributed by atoms with Crippen molar-refractivity contribution in [3.63, 3.8) is 0 Å². The molecule has 0 aromatic carbocycles. The van der Waals surface area contributed by atoms with Crippen LogP contribution in [0.3, 0.4) is 0 Å². The lowest BCUT2D eigenvalue weighted by Gasteiger charge is -2.29. The van der Waals surface area contributed by atoms with E-state index in [2.05, 4.69) is 12.2 Å². The van der Waals surface area contributed by atoms with Gasteiger partial charge in [0.15, 0.2) is 0 Å². The zero-order valence-electron chi connectivity index (χ0n) is 9.27. The summed E-state index contributed by atoms with van der Waals surface area (Å²) in [5.74, 6) is -0.314. The number of carbonyl (C=O) groups is 1. The molecular weight excluding hydrogens is 166 g/mol. The summed E-state index contributed by atoms with van der Waals surface area (Å²) in [4.78, 5) is 11.4. The first-order valence-corrected chi connectivity index (χ1v) is 4.74. The van der Waals surface area contributed by atoms with Crippen molar-refractivity contribution in [2.75, 3.05) is 0 Å². The molecule has 0 aliphatic heterocycles. The van der Waals surface area contributed by atoms with Crippen molar-refractivity contribution in [1.29, 1.82) is 0 Å². The van der Waals surface area contributed by atoms with E-state index in [4.69, 9.17) is 0 Å². The Labute approximate surface area is 80.5 Å². The van der Waals surface area contributed by atoms with E-state index < -0.39 is 5.60 Å². The van der Waals surface area contributed by atoms with Crippen molar-refractivity contribution in [2.45, 2.75) is 58.6 Å². The van der Waals surface area contributed by atoms with Gasteiger partial charge in [-0.25, -0.2) is 0 Å². The summed E-state index contributed by atoms with van der Waals surface area (Å²) < 4.78 is 0. The van der Waals surface area contributed by atoms with E-state index in [1.165, 1.54) is 13.8 Å². The molecule has 0 aromatic heterocycles. The van der Waals surface area contributed by atoms with Crippen LogP contribution in [0.15, 0.2) is 0 Å². The largest absolute Gasteiger partial charge is 0.381 e. The first kappa shape index (κ1) is 12.4. The van der Waals surface area contributed by atoms with E-state index in [9.17, 15) is 9.90 Å². The van der Waals surface area contributed by atoms with Gasteiger partial charge < -0.3 is 10.4 Å². The average Bonchev–Trinajstić information content (AvgIpc) is 1.83. The Hall–Kier alpha value is -0.570. The molecule has 1 amide bonds. The molecule has 0 saturated carbocycles. The van der Waals surface area contributed by atoms with Gasteiger partial charge in [-0.1, -0.05) is 13.3 Å². The predicted molar refractivity (Wildman–Crippen MR) is 53.4 cm³/mol. The third-order valence-corrected chi connectivity index (χ3v) is 1.88. The fraction of sp³-hybridized carbons (Fsp3) is 0.900. The Morgan fingerprint density at radius 1 is 1.31 bits per heavy atom. The van der Waals surface area contributed by atoms with Gasteiger partial charge >= 0.3 is 0 Å². The van der Waals surface area contributed by atoms with Crippen LogP contribution in [0, 0.1) is 0 Å². The number of nitrogens with one attached hydrogen (secondary N) is 1. The van der Waals surface area contributed by atoms with Gasteiger partial charge in [-0.15, -0.1) is 0 Å². The van der Waals surface area contributed by atoms with Gasteiger partial charge in [0.2, 0.25) is 0 Å². The smallest absolute Gasteiger partial charge is 0.251 e. The Balaban J connectivity index is 4.20. The van der Waals surface area contributed by atoms with Crippen LogP contribution in [0.5, 0.6) is 0 Å². The van der Waals surface area contributed by atoms with Gasteiger partial charge in [0.1, 0.15) is 5.60 Å². The van der Waals surface area contributed by atoms with Crippen LogP contribution in [0.2, 0.25) is 0 Å². The van der Waals surface area contributed by atoms with Crippen molar-refractivity contribution < 1.29 is 9.90 Å². The quantitative estimate of drug-likeness (QED) is 0.700. The minimum Gasteiger partial charge on any atom is -0.381 e. The maximum atomic E-state index is 11.4. The molecule has 0 bridgehead atoms. The van der Waals surface area contributed by atoms with E-state index in [1.54, 1.807) is 0 Å². The summed E-state index contributed by atoms with van der Waals surface area (Å²) in [5, 5.41) is 12.2. The monoisotopic (exact) mass is 187 g/mol. The van der Waals surface area contributed by atoms with Crippen molar-refractivity contribution >= 4 is 5.91 Å². The minimum absolute atomic E-state index is 0.230. The molecule has 0 saturated heterocycles. The molecule has 0 radical (unpaired) electrons. The molecule has 13 heavy (non-hydrogen) atoms. The lowest BCUT2D eigenvalue weighted by Crippen LogP contribution is -2.51. The van der Waals surface area contributed by atoms with E-state index in [-0.39, 0.29) is 11.4 Å². The van der Waals surface area contributed by atoms with E-state index >= 15 is 0 Å². The minimum atomic E-state index is -1.29. The maximum absolute atomic E-state index is 11.4. The Morgan fingerprint density at radius 3 is 2.08 bits per heavy atom. The first-order chi connectivity index (χ1) is 5.69. The SMILES string of the molecule is CCCC(C)(C)NC(=O)C(C)(C)O. The van der Waals surface area contributed by atoms with Gasteiger partial charge in [0, 0.05) is 5.54 Å². The fourth-order valence-corrected chi connectivity index (χ4v) is 1.15. The van der Waals surface area contributed by atoms with Crippen LogP contribution in [-0.2, 0) is 4.79 Å². The molecule has 0 aromatic rings. The van der Waals surface area contributed by atoms with Crippen molar-refractivity contribution in [3.8, 4) is 0 Å². The lowest BCUT2D eigenvalue weighted by atomic mass is 9.97. The molecule has 0 unspecified atom stereocenters. The second kappa shape index (κ2) is 4.09. The van der Waals surface area contributed by atoms with Crippen LogP contribution in [0.4, 0.5) is 0 Å². The molecule has 3 heteroatoms. The number of rotatable bonds is 4. The molecule has 78 valence electrons. The van der Waals surface area contributed by atoms with E-state index in [0.717, 1.165) is 12.8 Å². The van der Waals surface area contributed by atoms with Crippen LogP contribution < -0.4 is 5.32 Å². The van der Waals surface area contributed by atoms with Crippen LogP contribution >= 0.6 is 0 Å². The molecule has 3 nitrogen and oxygen atoms in total. The number of hydrogen-bond acceptors (Lipinski definition) is 2. The summed E-state index contributed by atoms with van der Waals surface area (Å²) in [6, 6.07) is 0. The number of hydrogen-bond donors (Lipinski definition) is 2. The maximum Gasteiger partial charge on any atom is 0.251 e. The molecule has 0 aliphatic carbocycles. The molecule has 0 spiro atoms. The van der Waals surface area contributed by atoms with Crippen molar-refractivity contribution in [3.05, 3.63) is 0 Å². The van der Waals surface area contributed by atoms with Crippen molar-refractivity contribution in [1.82, 2.24) is 5.32 Å². The molecule has 0 fully saturated rings. The van der Waals surface area contributed by atoms with Gasteiger partial charge in [-0.3, -0.25) is 4.79 Å². The summed E-state index contributed by atoms with van der Waals surface area (Å²) in [7, 11) is 0. The highest BCUT2D eigenvalue weighted by atomic mass is 16.3. The highest BCUT2D eigenvalue weighted by Gasteiger charge is 2.28. The standard InChI is InChI=1S/C10H21NO2/c1-6-7-9(2,3)11-8(12)10(4,5)13/h13H,6-7H2,1-5H3,(H,11,12). The Morgan fingerprint density at radius 2 is 1.77 bits per heavy atom. The number of carbonyl (C=O) groups excluding carboxylic acids is 1. The third-order valence-electron chi connectivity index (χ3n) is 1.88. The van der Waals surface area contributed by atoms with Gasteiger partial charge in [-0.05, 0) is 34.1 Å². The second-order valence-corrected chi connectivity index (χ2v) is 4.65. The number of amides is 1. The predicted octanol–water partition coefficient (Wildman–Crippen LogP) is 1.45. The molecular formula is C10H21NO2. The van der Waals surface area contributed by atoms with Crippen LogP contribution in [-0.4, -0.2) is 22.2 Å². The normalized spacial score (nSPS) is 12.8. The third kappa shape index (κ3) is 4.88. The molecule has 0 heterocycles. The van der Waals surface area contributed by atoms with Crippen LogP contribution in [0.1, 0.15) is 47.5 Å². The lowest BCUT2D eigenvalue weighted by molar-refractivity contribution is -0.138. The average molecular weight is 187 g/mol. The summed E-state index contributed by atoms with van der Waals surface area (Å²) in [6.45, 7) is 8.97. The van der Waals surface area contributed by atoms with Gasteiger partial charge in [0.05, 0.1) is 0 Å². The Bertz CT molecular complexity index is 180.